The van der Waals surface area contributed by atoms with E-state index in [1.165, 1.54) is 12.8 Å². The van der Waals surface area contributed by atoms with Crippen LogP contribution >= 0.6 is 0 Å². The summed E-state index contributed by atoms with van der Waals surface area (Å²) in [6.45, 7) is 5.41. The molecule has 3 rings (SSSR count). The first-order valence-corrected chi connectivity index (χ1v) is 10.6. The molecule has 0 saturated carbocycles. The first kappa shape index (κ1) is 22.0. The number of nitrogens with one attached hydrogen (secondary N) is 1. The molecule has 1 N–H and O–H groups in total. The quantitative estimate of drug-likeness (QED) is 0.642. The highest BCUT2D eigenvalue weighted by Crippen LogP contribution is 2.39. The van der Waals surface area contributed by atoms with Crippen molar-refractivity contribution < 1.29 is 19.0 Å². The predicted molar refractivity (Wildman–Crippen MR) is 118 cm³/mol. The maximum atomic E-state index is 12.8. The maximum absolute atomic E-state index is 12.8. The normalized spacial score (nSPS) is 14.9. The minimum atomic E-state index is -0.140. The molecule has 1 saturated heterocycles. The zero-order valence-corrected chi connectivity index (χ0v) is 18.1. The molecule has 1 heterocycles. The Kier molecular flexibility index (Phi) is 7.97. The van der Waals surface area contributed by atoms with Crippen molar-refractivity contribution in [1.82, 2.24) is 10.2 Å². The van der Waals surface area contributed by atoms with Crippen LogP contribution in [0.15, 0.2) is 42.5 Å². The molecule has 30 heavy (non-hydrogen) atoms. The van der Waals surface area contributed by atoms with Gasteiger partial charge in [-0.25, -0.2) is 0 Å². The van der Waals surface area contributed by atoms with Gasteiger partial charge in [-0.2, -0.15) is 0 Å². The van der Waals surface area contributed by atoms with Gasteiger partial charge in [-0.15, -0.1) is 0 Å². The van der Waals surface area contributed by atoms with E-state index in [9.17, 15) is 4.79 Å². The number of amides is 1. The Morgan fingerprint density at radius 1 is 1.07 bits per heavy atom. The summed E-state index contributed by atoms with van der Waals surface area (Å²) >= 11 is 0. The molecular weight excluding hydrogens is 380 g/mol. The number of hydrogen-bond donors (Lipinski definition) is 1. The number of hydrogen-bond acceptors (Lipinski definition) is 5. The first-order valence-electron chi connectivity index (χ1n) is 10.6. The van der Waals surface area contributed by atoms with Crippen LogP contribution in [0.1, 0.15) is 42.1 Å². The smallest absolute Gasteiger partial charge is 0.251 e. The van der Waals surface area contributed by atoms with Gasteiger partial charge in [0.25, 0.3) is 5.91 Å². The lowest BCUT2D eigenvalue weighted by Crippen LogP contribution is -2.42. The summed E-state index contributed by atoms with van der Waals surface area (Å²) in [4.78, 5) is 15.3. The molecule has 1 fully saturated rings. The Morgan fingerprint density at radius 2 is 1.70 bits per heavy atom. The number of rotatable bonds is 10. The van der Waals surface area contributed by atoms with Gasteiger partial charge in [0.05, 0.1) is 14.2 Å². The highest BCUT2D eigenvalue weighted by molar-refractivity contribution is 5.95. The molecule has 1 amide bonds. The summed E-state index contributed by atoms with van der Waals surface area (Å²) in [5, 5.41) is 3.07. The number of benzene rings is 2. The molecule has 6 nitrogen and oxygen atoms in total. The van der Waals surface area contributed by atoms with E-state index in [4.69, 9.17) is 14.2 Å². The van der Waals surface area contributed by atoms with Gasteiger partial charge < -0.3 is 19.5 Å². The summed E-state index contributed by atoms with van der Waals surface area (Å²) in [6, 6.07) is 13.7. The fourth-order valence-corrected chi connectivity index (χ4v) is 3.83. The SMILES string of the molecule is CCC(CNC(=O)c1cc(OC)c(OCc2ccccc2)c(OC)c1)N1CCCC1. The third-order valence-corrected chi connectivity index (χ3v) is 5.58. The fraction of sp³-hybridized carbons (Fsp3) is 0.458. The van der Waals surface area contributed by atoms with Crippen molar-refractivity contribution in [2.45, 2.75) is 38.8 Å². The van der Waals surface area contributed by atoms with E-state index < -0.39 is 0 Å². The van der Waals surface area contributed by atoms with Gasteiger partial charge in [-0.05, 0) is 50.0 Å². The second-order valence-corrected chi connectivity index (χ2v) is 7.50. The van der Waals surface area contributed by atoms with E-state index in [-0.39, 0.29) is 5.91 Å². The third kappa shape index (κ3) is 5.45. The van der Waals surface area contributed by atoms with Crippen LogP contribution < -0.4 is 19.5 Å². The van der Waals surface area contributed by atoms with Crippen molar-refractivity contribution in [3.05, 3.63) is 53.6 Å². The zero-order chi connectivity index (χ0) is 21.3. The molecule has 6 heteroatoms. The van der Waals surface area contributed by atoms with E-state index in [0.717, 1.165) is 25.1 Å². The van der Waals surface area contributed by atoms with Crippen LogP contribution in [-0.4, -0.2) is 50.7 Å². The van der Waals surface area contributed by atoms with Gasteiger partial charge in [-0.1, -0.05) is 37.3 Å². The van der Waals surface area contributed by atoms with Crippen LogP contribution in [0.25, 0.3) is 0 Å². The fourth-order valence-electron chi connectivity index (χ4n) is 3.83. The van der Waals surface area contributed by atoms with E-state index in [2.05, 4.69) is 17.1 Å². The van der Waals surface area contributed by atoms with Gasteiger partial charge in [-0.3, -0.25) is 9.69 Å². The van der Waals surface area contributed by atoms with Crippen molar-refractivity contribution in [2.75, 3.05) is 33.9 Å². The number of methoxy groups -OCH3 is 2. The number of carbonyl (C=O) groups excluding carboxylic acids is 1. The van der Waals surface area contributed by atoms with E-state index in [1.54, 1.807) is 26.4 Å². The van der Waals surface area contributed by atoms with Gasteiger partial charge in [0.1, 0.15) is 6.61 Å². The summed E-state index contributed by atoms with van der Waals surface area (Å²) in [7, 11) is 3.12. The van der Waals surface area contributed by atoms with Crippen LogP contribution in [0.5, 0.6) is 17.2 Å². The lowest BCUT2D eigenvalue weighted by molar-refractivity contribution is 0.0936. The Hall–Kier alpha value is -2.73. The van der Waals surface area contributed by atoms with Gasteiger partial charge >= 0.3 is 0 Å². The highest BCUT2D eigenvalue weighted by atomic mass is 16.5. The molecule has 1 aliphatic heterocycles. The van der Waals surface area contributed by atoms with Crippen molar-refractivity contribution in [2.24, 2.45) is 0 Å². The Balaban J connectivity index is 1.70. The molecule has 0 aliphatic carbocycles. The van der Waals surface area contributed by atoms with Crippen LogP contribution in [0.2, 0.25) is 0 Å². The molecule has 1 atom stereocenters. The maximum Gasteiger partial charge on any atom is 0.251 e. The largest absolute Gasteiger partial charge is 0.493 e. The van der Waals surface area contributed by atoms with Gasteiger partial charge in [0.15, 0.2) is 11.5 Å². The molecule has 0 spiro atoms. The second kappa shape index (κ2) is 10.9. The molecule has 2 aromatic carbocycles. The van der Waals surface area contributed by atoms with Crippen LogP contribution in [0.3, 0.4) is 0 Å². The molecule has 1 aliphatic rings. The lowest BCUT2D eigenvalue weighted by atomic mass is 10.1. The second-order valence-electron chi connectivity index (χ2n) is 7.50. The topological polar surface area (TPSA) is 60.0 Å². The lowest BCUT2D eigenvalue weighted by Gasteiger charge is -2.26. The summed E-state index contributed by atoms with van der Waals surface area (Å²) in [6.07, 6.45) is 3.49. The Bertz CT molecular complexity index is 794. The van der Waals surface area contributed by atoms with Crippen molar-refractivity contribution >= 4 is 5.91 Å². The average Bonchev–Trinajstić information content (AvgIpc) is 3.32. The van der Waals surface area contributed by atoms with E-state index in [0.29, 0.717) is 42.0 Å². The molecule has 1 unspecified atom stereocenters. The Labute approximate surface area is 179 Å². The van der Waals surface area contributed by atoms with E-state index >= 15 is 0 Å². The van der Waals surface area contributed by atoms with E-state index in [1.807, 2.05) is 30.3 Å². The summed E-state index contributed by atoms with van der Waals surface area (Å²) in [5.41, 5.74) is 1.53. The minimum absolute atomic E-state index is 0.140. The summed E-state index contributed by atoms with van der Waals surface area (Å²) in [5.74, 6) is 1.30. The molecular formula is C24H32N2O4. The van der Waals surface area contributed by atoms with Crippen molar-refractivity contribution in [3.63, 3.8) is 0 Å². The van der Waals surface area contributed by atoms with Crippen molar-refractivity contribution in [3.8, 4) is 17.2 Å². The number of ether oxygens (including phenoxy) is 3. The summed E-state index contributed by atoms with van der Waals surface area (Å²) < 4.78 is 17.0. The molecule has 162 valence electrons. The van der Waals surface area contributed by atoms with Gasteiger partial charge in [0.2, 0.25) is 5.75 Å². The van der Waals surface area contributed by atoms with Crippen molar-refractivity contribution in [1.29, 1.82) is 0 Å². The van der Waals surface area contributed by atoms with Crippen LogP contribution in [-0.2, 0) is 6.61 Å². The number of carbonyl (C=O) groups is 1. The number of likely N-dealkylation sites (tertiary alicyclic amines) is 1. The molecule has 0 aromatic heterocycles. The first-order chi connectivity index (χ1) is 14.7. The van der Waals surface area contributed by atoms with Gasteiger partial charge in [0, 0.05) is 18.2 Å². The standard InChI is InChI=1S/C24H32N2O4/c1-4-20(26-12-8-9-13-26)16-25-24(27)19-14-21(28-2)23(22(15-19)29-3)30-17-18-10-6-5-7-11-18/h5-7,10-11,14-15,20H,4,8-9,12-13,16-17H2,1-3H3,(H,25,27). The average molecular weight is 413 g/mol. The monoisotopic (exact) mass is 412 g/mol. The van der Waals surface area contributed by atoms with Crippen LogP contribution in [0, 0.1) is 0 Å². The minimum Gasteiger partial charge on any atom is -0.493 e. The molecule has 0 bridgehead atoms. The third-order valence-electron chi connectivity index (χ3n) is 5.58. The Morgan fingerprint density at radius 3 is 2.27 bits per heavy atom. The highest BCUT2D eigenvalue weighted by Gasteiger charge is 2.22. The molecule has 2 aromatic rings. The number of nitrogens with zero attached hydrogens (tertiary/aromatic N) is 1. The predicted octanol–water partition coefficient (Wildman–Crippen LogP) is 3.89. The van der Waals surface area contributed by atoms with Crippen LogP contribution in [0.4, 0.5) is 0 Å². The zero-order valence-electron chi connectivity index (χ0n) is 18.1. The molecule has 0 radical (unpaired) electrons.